The van der Waals surface area contributed by atoms with Crippen LogP contribution in [0, 0.1) is 17.1 Å². The van der Waals surface area contributed by atoms with Crippen LogP contribution in [0.25, 0.3) is 11.3 Å². The molecule has 0 saturated carbocycles. The zero-order valence-electron chi connectivity index (χ0n) is 17.0. The molecule has 1 aromatic heterocycles. The lowest BCUT2D eigenvalue weighted by atomic mass is 9.86. The Morgan fingerprint density at radius 2 is 1.69 bits per heavy atom. The Bertz CT molecular complexity index is 1030. The lowest BCUT2D eigenvalue weighted by molar-refractivity contribution is 0.590. The number of halogens is 1. The van der Waals surface area contributed by atoms with Gasteiger partial charge in [0.05, 0.1) is 5.69 Å². The topological polar surface area (TPSA) is 61.6 Å². The average molecular weight is 407 g/mol. The molecule has 0 unspecified atom stereocenters. The maximum Gasteiger partial charge on any atom is 0.189 e. The van der Waals surface area contributed by atoms with E-state index in [0.717, 1.165) is 11.1 Å². The van der Waals surface area contributed by atoms with E-state index in [4.69, 9.17) is 0 Å². The number of nitrogens with one attached hydrogen (secondary N) is 1. The summed E-state index contributed by atoms with van der Waals surface area (Å²) < 4.78 is 13.1. The van der Waals surface area contributed by atoms with Crippen molar-refractivity contribution in [2.45, 2.75) is 37.9 Å². The van der Waals surface area contributed by atoms with Crippen LogP contribution in [0.1, 0.15) is 37.5 Å². The van der Waals surface area contributed by atoms with E-state index in [2.05, 4.69) is 54.3 Å². The minimum Gasteiger partial charge on any atom is -0.365 e. The molecule has 0 saturated heterocycles. The van der Waals surface area contributed by atoms with E-state index in [1.54, 1.807) is 12.1 Å². The molecule has 0 amide bonds. The molecule has 0 aliphatic carbocycles. The normalized spacial score (nSPS) is 11.2. The van der Waals surface area contributed by atoms with Gasteiger partial charge in [0.15, 0.2) is 5.16 Å². The van der Waals surface area contributed by atoms with E-state index < -0.39 is 0 Å². The first-order chi connectivity index (χ1) is 13.8. The van der Waals surface area contributed by atoms with Gasteiger partial charge in [-0.25, -0.2) is 14.4 Å². The number of benzene rings is 2. The predicted molar refractivity (Wildman–Crippen MR) is 116 cm³/mol. The lowest BCUT2D eigenvalue weighted by Crippen LogP contribution is -2.10. The highest BCUT2D eigenvalue weighted by molar-refractivity contribution is 7.98. The quantitative estimate of drug-likeness (QED) is 0.429. The molecule has 1 N–H and O–H groups in total. The van der Waals surface area contributed by atoms with Gasteiger partial charge >= 0.3 is 0 Å². The summed E-state index contributed by atoms with van der Waals surface area (Å²) in [5, 5.41) is 13.6. The van der Waals surface area contributed by atoms with Crippen LogP contribution in [0.4, 0.5) is 10.2 Å². The van der Waals surface area contributed by atoms with Crippen LogP contribution in [0.3, 0.4) is 0 Å². The minimum atomic E-state index is -0.279. The summed E-state index contributed by atoms with van der Waals surface area (Å²) in [7, 11) is 0. The summed E-state index contributed by atoms with van der Waals surface area (Å²) in [5.41, 5.74) is 4.04. The summed E-state index contributed by atoms with van der Waals surface area (Å²) in [6, 6.07) is 16.6. The Balaban J connectivity index is 1.98. The van der Waals surface area contributed by atoms with Gasteiger partial charge in [0.1, 0.15) is 23.3 Å². The highest BCUT2D eigenvalue weighted by Crippen LogP contribution is 2.30. The molecule has 0 aliphatic heterocycles. The van der Waals surface area contributed by atoms with Gasteiger partial charge in [0.25, 0.3) is 0 Å². The fourth-order valence-electron chi connectivity index (χ4n) is 2.89. The van der Waals surface area contributed by atoms with Crippen LogP contribution in [0.5, 0.6) is 0 Å². The van der Waals surface area contributed by atoms with Gasteiger partial charge in [-0.05, 0) is 34.9 Å². The third kappa shape index (κ3) is 4.93. The second-order valence-electron chi connectivity index (χ2n) is 7.70. The van der Waals surface area contributed by atoms with Gasteiger partial charge in [-0.3, -0.25) is 0 Å². The molecule has 3 aromatic rings. The van der Waals surface area contributed by atoms with Gasteiger partial charge < -0.3 is 5.32 Å². The molecule has 0 atom stereocenters. The van der Waals surface area contributed by atoms with Gasteiger partial charge in [-0.1, -0.05) is 68.9 Å². The number of aromatic nitrogens is 2. The van der Waals surface area contributed by atoms with Gasteiger partial charge in [-0.2, -0.15) is 5.26 Å². The van der Waals surface area contributed by atoms with Crippen LogP contribution < -0.4 is 5.32 Å². The van der Waals surface area contributed by atoms with Crippen LogP contribution in [0.2, 0.25) is 0 Å². The number of nitrogens with zero attached hydrogens (tertiary/aromatic N) is 3. The Labute approximate surface area is 175 Å². The minimum absolute atomic E-state index is 0.0502. The third-order valence-electron chi connectivity index (χ3n) is 4.58. The number of thioether (sulfide) groups is 1. The molecule has 1 heterocycles. The number of hydrogen-bond donors (Lipinski definition) is 1. The van der Waals surface area contributed by atoms with Crippen molar-refractivity contribution >= 4 is 17.6 Å². The van der Waals surface area contributed by atoms with Crippen molar-refractivity contribution in [1.82, 2.24) is 9.97 Å². The largest absolute Gasteiger partial charge is 0.365 e. The average Bonchev–Trinajstić information content (AvgIpc) is 2.72. The first-order valence-electron chi connectivity index (χ1n) is 9.27. The Kier molecular flexibility index (Phi) is 6.19. The van der Waals surface area contributed by atoms with Crippen LogP contribution in [-0.4, -0.2) is 16.2 Å². The molecule has 3 rings (SSSR count). The second kappa shape index (κ2) is 8.62. The predicted octanol–water partition coefficient (Wildman–Crippen LogP) is 5.79. The molecule has 29 heavy (non-hydrogen) atoms. The van der Waals surface area contributed by atoms with Crippen molar-refractivity contribution < 1.29 is 4.39 Å². The molecule has 0 spiro atoms. The van der Waals surface area contributed by atoms with Crippen LogP contribution in [0.15, 0.2) is 53.7 Å². The van der Waals surface area contributed by atoms with Crippen molar-refractivity contribution in [3.8, 4) is 17.3 Å². The zero-order valence-corrected chi connectivity index (χ0v) is 17.8. The van der Waals surface area contributed by atoms with Crippen molar-refractivity contribution in [3.63, 3.8) is 0 Å². The molecule has 0 radical (unpaired) electrons. The van der Waals surface area contributed by atoms with E-state index in [1.807, 2.05) is 18.4 Å². The maximum absolute atomic E-state index is 13.1. The highest BCUT2D eigenvalue weighted by Gasteiger charge is 2.18. The maximum atomic E-state index is 13.1. The molecule has 6 heteroatoms. The number of anilines is 1. The summed E-state index contributed by atoms with van der Waals surface area (Å²) in [4.78, 5) is 9.07. The van der Waals surface area contributed by atoms with Crippen molar-refractivity contribution in [3.05, 3.63) is 71.0 Å². The summed E-state index contributed by atoms with van der Waals surface area (Å²) in [6.07, 6.45) is 1.90. The second-order valence-corrected chi connectivity index (χ2v) is 8.48. The summed E-state index contributed by atoms with van der Waals surface area (Å²) >= 11 is 1.42. The molecule has 148 valence electrons. The van der Waals surface area contributed by atoms with Crippen LogP contribution >= 0.6 is 11.8 Å². The van der Waals surface area contributed by atoms with Crippen LogP contribution in [-0.2, 0) is 12.0 Å². The fraction of sp³-hybridized carbons (Fsp3) is 0.261. The SMILES string of the molecule is CSc1nc(NCc2ccc(F)cc2)c(C#N)c(-c2ccc(C(C)(C)C)cc2)n1. The summed E-state index contributed by atoms with van der Waals surface area (Å²) in [6.45, 7) is 6.92. The zero-order chi connectivity index (χ0) is 21.0. The summed E-state index contributed by atoms with van der Waals surface area (Å²) in [5.74, 6) is 0.199. The van der Waals surface area contributed by atoms with E-state index in [9.17, 15) is 9.65 Å². The van der Waals surface area contributed by atoms with Crippen molar-refractivity contribution in [1.29, 1.82) is 5.26 Å². The smallest absolute Gasteiger partial charge is 0.189 e. The number of hydrogen-bond acceptors (Lipinski definition) is 5. The Hall–Kier alpha value is -2.91. The van der Waals surface area contributed by atoms with E-state index in [-0.39, 0.29) is 11.2 Å². The lowest BCUT2D eigenvalue weighted by Gasteiger charge is -2.19. The first-order valence-corrected chi connectivity index (χ1v) is 10.5. The van der Waals surface area contributed by atoms with Gasteiger partial charge in [0, 0.05) is 12.1 Å². The van der Waals surface area contributed by atoms with Crippen molar-refractivity contribution in [2.75, 3.05) is 11.6 Å². The van der Waals surface area contributed by atoms with Crippen molar-refractivity contribution in [2.24, 2.45) is 0 Å². The highest BCUT2D eigenvalue weighted by atomic mass is 32.2. The molecule has 0 bridgehead atoms. The van der Waals surface area contributed by atoms with Gasteiger partial charge in [-0.15, -0.1) is 0 Å². The molecular formula is C23H23FN4S. The van der Waals surface area contributed by atoms with Gasteiger partial charge in [0.2, 0.25) is 0 Å². The standard InChI is InChI=1S/C23H23FN4S/c1-23(2,3)17-9-7-16(8-10-17)20-19(13-25)21(28-22(27-20)29-4)26-14-15-5-11-18(24)12-6-15/h5-12H,14H2,1-4H3,(H,26,27,28). The first kappa shape index (κ1) is 20.8. The number of nitriles is 1. The Morgan fingerprint density at radius 3 is 2.24 bits per heavy atom. The van der Waals surface area contributed by atoms with E-state index in [1.165, 1.54) is 29.5 Å². The number of rotatable bonds is 5. The molecule has 0 aliphatic rings. The fourth-order valence-corrected chi connectivity index (χ4v) is 3.26. The molecule has 4 nitrogen and oxygen atoms in total. The molecule has 0 fully saturated rings. The third-order valence-corrected chi connectivity index (χ3v) is 5.13. The molecule has 2 aromatic carbocycles. The Morgan fingerprint density at radius 1 is 1.03 bits per heavy atom. The van der Waals surface area contributed by atoms with E-state index >= 15 is 0 Å². The van der Waals surface area contributed by atoms with E-state index in [0.29, 0.717) is 28.8 Å². The molecular weight excluding hydrogens is 383 g/mol. The monoisotopic (exact) mass is 406 g/mol.